The van der Waals surface area contributed by atoms with Crippen molar-refractivity contribution in [3.63, 3.8) is 0 Å². The molecule has 0 spiro atoms. The zero-order valence-corrected chi connectivity index (χ0v) is 13.1. The van der Waals surface area contributed by atoms with Gasteiger partial charge in [-0.05, 0) is 54.8 Å². The van der Waals surface area contributed by atoms with Crippen LogP contribution in [0.25, 0.3) is 0 Å². The lowest BCUT2D eigenvalue weighted by molar-refractivity contribution is 0.0880. The minimum Gasteiger partial charge on any atom is -0.454 e. The van der Waals surface area contributed by atoms with Crippen LogP contribution in [0.4, 0.5) is 4.39 Å². The number of carbonyl (C=O) groups is 1. The number of piperidine rings is 1. The molecule has 1 N–H and O–H groups in total. The number of carbonyl (C=O) groups excluding carboxylic acids is 1. The fraction of sp³-hybridized carbons (Fsp3) is 0.316. The average molecular weight is 327 g/mol. The predicted molar refractivity (Wildman–Crippen MR) is 87.0 cm³/mol. The predicted octanol–water partition coefficient (Wildman–Crippen LogP) is 3.13. The second kappa shape index (κ2) is 6.24. The average Bonchev–Trinajstić information content (AvgIpc) is 3.09. The van der Waals surface area contributed by atoms with Gasteiger partial charge in [0, 0.05) is 18.0 Å². The van der Waals surface area contributed by atoms with Gasteiger partial charge in [0.2, 0.25) is 6.79 Å². The lowest BCUT2D eigenvalue weighted by Crippen LogP contribution is -2.39. The van der Waals surface area contributed by atoms with Crippen molar-refractivity contribution in [3.8, 4) is 11.5 Å². The maximum atomic E-state index is 13.2. The van der Waals surface area contributed by atoms with Gasteiger partial charge in [0.15, 0.2) is 17.3 Å². The smallest absolute Gasteiger partial charge is 0.231 e. The van der Waals surface area contributed by atoms with Crippen LogP contribution in [0.15, 0.2) is 42.5 Å². The third kappa shape index (κ3) is 2.76. The molecule has 124 valence electrons. The van der Waals surface area contributed by atoms with Crippen molar-refractivity contribution in [3.05, 3.63) is 59.4 Å². The van der Waals surface area contributed by atoms with E-state index >= 15 is 0 Å². The molecule has 0 saturated carbocycles. The van der Waals surface area contributed by atoms with Crippen LogP contribution in [0.2, 0.25) is 0 Å². The van der Waals surface area contributed by atoms with Gasteiger partial charge in [0.25, 0.3) is 0 Å². The Morgan fingerprint density at radius 2 is 1.88 bits per heavy atom. The monoisotopic (exact) mass is 327 g/mol. The molecule has 2 heterocycles. The number of rotatable bonds is 3. The maximum Gasteiger partial charge on any atom is 0.231 e. The molecule has 2 aromatic carbocycles. The second-order valence-electron chi connectivity index (χ2n) is 6.19. The quantitative estimate of drug-likeness (QED) is 0.880. The summed E-state index contributed by atoms with van der Waals surface area (Å²) in [5, 5.41) is 3.30. The molecule has 0 aromatic heterocycles. The van der Waals surface area contributed by atoms with E-state index in [0.29, 0.717) is 23.6 Å². The van der Waals surface area contributed by atoms with Crippen LogP contribution < -0.4 is 14.8 Å². The molecule has 0 amide bonds. The number of benzene rings is 2. The molecular weight excluding hydrogens is 309 g/mol. The van der Waals surface area contributed by atoms with E-state index in [1.165, 1.54) is 12.1 Å². The summed E-state index contributed by atoms with van der Waals surface area (Å²) in [6.07, 6.45) is 0.854. The number of nitrogens with one attached hydrogen (secondary N) is 1. The highest BCUT2D eigenvalue weighted by atomic mass is 19.1. The van der Waals surface area contributed by atoms with Crippen LogP contribution in [0, 0.1) is 11.7 Å². The van der Waals surface area contributed by atoms with Gasteiger partial charge in [-0.1, -0.05) is 12.1 Å². The number of Topliss-reactive ketones (excluding diaryl/α,β-unsaturated/α-hetero) is 1. The Kier molecular flexibility index (Phi) is 3.94. The molecule has 0 bridgehead atoms. The van der Waals surface area contributed by atoms with E-state index in [0.717, 1.165) is 18.5 Å². The van der Waals surface area contributed by atoms with E-state index in [9.17, 15) is 9.18 Å². The summed E-state index contributed by atoms with van der Waals surface area (Å²) < 4.78 is 23.9. The fourth-order valence-electron chi connectivity index (χ4n) is 3.51. The topological polar surface area (TPSA) is 47.6 Å². The summed E-state index contributed by atoms with van der Waals surface area (Å²) in [4.78, 5) is 13.0. The third-order valence-corrected chi connectivity index (χ3v) is 4.77. The van der Waals surface area contributed by atoms with Crippen LogP contribution in [-0.4, -0.2) is 25.7 Å². The summed E-state index contributed by atoms with van der Waals surface area (Å²) in [5.74, 6) is 1.02. The molecular formula is C19H18FNO3. The van der Waals surface area contributed by atoms with Gasteiger partial charge in [0.1, 0.15) is 5.82 Å². The molecule has 2 aliphatic heterocycles. The van der Waals surface area contributed by atoms with E-state index in [-0.39, 0.29) is 30.2 Å². The van der Waals surface area contributed by atoms with Gasteiger partial charge in [-0.2, -0.15) is 0 Å². The molecule has 1 fully saturated rings. The van der Waals surface area contributed by atoms with Crippen molar-refractivity contribution < 1.29 is 18.7 Å². The van der Waals surface area contributed by atoms with Crippen LogP contribution in [0.3, 0.4) is 0 Å². The van der Waals surface area contributed by atoms with Crippen molar-refractivity contribution in [2.45, 2.75) is 12.3 Å². The molecule has 5 heteroatoms. The first kappa shape index (κ1) is 15.1. The van der Waals surface area contributed by atoms with Crippen LogP contribution in [0.5, 0.6) is 11.5 Å². The van der Waals surface area contributed by atoms with Crippen molar-refractivity contribution in [2.75, 3.05) is 19.9 Å². The first-order valence-corrected chi connectivity index (χ1v) is 8.12. The van der Waals surface area contributed by atoms with Crippen molar-refractivity contribution in [1.29, 1.82) is 0 Å². The first-order valence-electron chi connectivity index (χ1n) is 8.12. The van der Waals surface area contributed by atoms with Gasteiger partial charge in [0.05, 0.1) is 0 Å². The molecule has 0 unspecified atom stereocenters. The normalized spacial score (nSPS) is 22.4. The Morgan fingerprint density at radius 3 is 2.71 bits per heavy atom. The zero-order valence-electron chi connectivity index (χ0n) is 13.1. The molecule has 24 heavy (non-hydrogen) atoms. The number of hydrogen-bond donors (Lipinski definition) is 1. The number of fused-ring (bicyclic) bond motifs is 1. The molecule has 2 atom stereocenters. The Bertz CT molecular complexity index is 760. The van der Waals surface area contributed by atoms with Gasteiger partial charge in [-0.25, -0.2) is 4.39 Å². The Morgan fingerprint density at radius 1 is 1.08 bits per heavy atom. The number of hydrogen-bond acceptors (Lipinski definition) is 4. The Balaban J connectivity index is 1.62. The summed E-state index contributed by atoms with van der Waals surface area (Å²) in [7, 11) is 0. The largest absolute Gasteiger partial charge is 0.454 e. The van der Waals surface area contributed by atoms with Gasteiger partial charge in [-0.3, -0.25) is 4.79 Å². The standard InChI is InChI=1S/C19H18FNO3/c20-14-4-1-12(2-5-14)15-7-8-21-10-16(15)19(22)13-3-6-17-18(9-13)24-11-23-17/h1-6,9,15-16,21H,7-8,10-11H2/t15-,16+/m0/s1. The van der Waals surface area contributed by atoms with E-state index < -0.39 is 0 Å². The van der Waals surface area contributed by atoms with E-state index in [1.54, 1.807) is 30.3 Å². The minimum atomic E-state index is -0.258. The van der Waals surface area contributed by atoms with Gasteiger partial charge < -0.3 is 14.8 Å². The molecule has 0 aliphatic carbocycles. The summed E-state index contributed by atoms with van der Waals surface area (Å²) in [5.41, 5.74) is 1.64. The van der Waals surface area contributed by atoms with Crippen molar-refractivity contribution in [2.24, 2.45) is 5.92 Å². The summed E-state index contributed by atoms with van der Waals surface area (Å²) >= 11 is 0. The van der Waals surface area contributed by atoms with Crippen LogP contribution >= 0.6 is 0 Å². The minimum absolute atomic E-state index is 0.0785. The van der Waals surface area contributed by atoms with Crippen LogP contribution in [-0.2, 0) is 0 Å². The molecule has 4 rings (SSSR count). The van der Waals surface area contributed by atoms with Crippen molar-refractivity contribution >= 4 is 5.78 Å². The number of ketones is 1. The molecule has 1 saturated heterocycles. The highest BCUT2D eigenvalue weighted by Crippen LogP contribution is 2.36. The highest BCUT2D eigenvalue weighted by molar-refractivity contribution is 5.99. The van der Waals surface area contributed by atoms with E-state index in [1.807, 2.05) is 0 Å². The van der Waals surface area contributed by atoms with E-state index in [4.69, 9.17) is 9.47 Å². The second-order valence-corrected chi connectivity index (χ2v) is 6.19. The molecule has 0 radical (unpaired) electrons. The zero-order chi connectivity index (χ0) is 16.5. The van der Waals surface area contributed by atoms with Gasteiger partial charge in [-0.15, -0.1) is 0 Å². The Hall–Kier alpha value is -2.40. The molecule has 4 nitrogen and oxygen atoms in total. The first-order chi connectivity index (χ1) is 11.7. The number of halogens is 1. The Labute approximate surface area is 139 Å². The molecule has 2 aromatic rings. The van der Waals surface area contributed by atoms with Crippen LogP contribution in [0.1, 0.15) is 28.3 Å². The number of ether oxygens (including phenoxy) is 2. The SMILES string of the molecule is O=C(c1ccc2c(c1)OCO2)[C@@H]1CNCC[C@H]1c1ccc(F)cc1. The molecule has 2 aliphatic rings. The van der Waals surface area contributed by atoms with Gasteiger partial charge >= 0.3 is 0 Å². The lowest BCUT2D eigenvalue weighted by Gasteiger charge is -2.31. The summed E-state index contributed by atoms with van der Waals surface area (Å²) in [6.45, 7) is 1.67. The van der Waals surface area contributed by atoms with Crippen molar-refractivity contribution in [1.82, 2.24) is 5.32 Å². The fourth-order valence-corrected chi connectivity index (χ4v) is 3.51. The lowest BCUT2D eigenvalue weighted by atomic mass is 9.77. The summed E-state index contributed by atoms with van der Waals surface area (Å²) in [6, 6.07) is 11.8. The maximum absolute atomic E-state index is 13.2. The highest BCUT2D eigenvalue weighted by Gasteiger charge is 2.33. The third-order valence-electron chi connectivity index (χ3n) is 4.77. The van der Waals surface area contributed by atoms with E-state index in [2.05, 4.69) is 5.32 Å².